The molecule has 0 amide bonds. The molecule has 0 aliphatic rings. The van der Waals surface area contributed by atoms with E-state index in [0.717, 1.165) is 17.1 Å². The fourth-order valence-corrected chi connectivity index (χ4v) is 3.97. The molecule has 2 heterocycles. The van der Waals surface area contributed by atoms with Crippen molar-refractivity contribution in [3.05, 3.63) is 106 Å². The van der Waals surface area contributed by atoms with E-state index in [1.807, 2.05) is 35.9 Å². The van der Waals surface area contributed by atoms with E-state index in [1.165, 1.54) is 24.5 Å². The Balaban J connectivity index is 1.39. The second-order valence-corrected chi connectivity index (χ2v) is 8.86. The Morgan fingerprint density at radius 1 is 1.06 bits per heavy atom. The molecule has 0 spiro atoms. The summed E-state index contributed by atoms with van der Waals surface area (Å²) in [7, 11) is 0. The van der Waals surface area contributed by atoms with Crippen LogP contribution in [0.2, 0.25) is 5.02 Å². The summed E-state index contributed by atoms with van der Waals surface area (Å²) in [5, 5.41) is 5.16. The van der Waals surface area contributed by atoms with Gasteiger partial charge in [-0.05, 0) is 60.9 Å². The fourth-order valence-electron chi connectivity index (χ4n) is 3.79. The Kier molecular flexibility index (Phi) is 7.46. The number of nitrogens with zero attached hydrogens (tertiary/aromatic N) is 4. The van der Waals surface area contributed by atoms with Gasteiger partial charge in [-0.25, -0.2) is 19.0 Å². The lowest BCUT2D eigenvalue weighted by Crippen LogP contribution is -2.14. The molecule has 0 fully saturated rings. The molecular weight excluding hydrogens is 467 g/mol. The zero-order valence-electron chi connectivity index (χ0n) is 19.4. The third kappa shape index (κ3) is 6.05. The molecule has 0 radical (unpaired) electrons. The molecule has 1 unspecified atom stereocenters. The van der Waals surface area contributed by atoms with E-state index in [4.69, 9.17) is 11.6 Å². The van der Waals surface area contributed by atoms with Gasteiger partial charge >= 0.3 is 0 Å². The van der Waals surface area contributed by atoms with E-state index in [2.05, 4.69) is 15.1 Å². The molecule has 4 rings (SSSR count). The van der Waals surface area contributed by atoms with Crippen molar-refractivity contribution in [2.45, 2.75) is 39.0 Å². The zero-order valence-corrected chi connectivity index (χ0v) is 20.2. The van der Waals surface area contributed by atoms with Crippen molar-refractivity contribution >= 4 is 23.2 Å². The quantitative estimate of drug-likeness (QED) is 0.290. The van der Waals surface area contributed by atoms with E-state index in [-0.39, 0.29) is 29.6 Å². The van der Waals surface area contributed by atoms with Gasteiger partial charge in [-0.15, -0.1) is 0 Å². The van der Waals surface area contributed by atoms with Crippen LogP contribution in [0.25, 0.3) is 5.69 Å². The second kappa shape index (κ2) is 10.7. The van der Waals surface area contributed by atoms with Gasteiger partial charge in [0.05, 0.1) is 11.4 Å². The largest absolute Gasteiger partial charge is 0.299 e. The van der Waals surface area contributed by atoms with Gasteiger partial charge in [0.15, 0.2) is 5.82 Å². The predicted octanol–water partition coefficient (Wildman–Crippen LogP) is 5.49. The molecule has 4 aromatic rings. The lowest BCUT2D eigenvalue weighted by atomic mass is 9.95. The Labute approximate surface area is 207 Å². The summed E-state index contributed by atoms with van der Waals surface area (Å²) in [5.74, 6) is -0.940. The molecule has 178 valence electrons. The predicted molar refractivity (Wildman–Crippen MR) is 132 cm³/mol. The number of hydrogen-bond donors (Lipinski definition) is 0. The third-order valence-corrected chi connectivity index (χ3v) is 6.00. The van der Waals surface area contributed by atoms with Crippen LogP contribution in [0.1, 0.15) is 52.4 Å². The van der Waals surface area contributed by atoms with Crippen molar-refractivity contribution in [1.82, 2.24) is 19.7 Å². The number of carbonyl (C=O) groups is 2. The second-order valence-electron chi connectivity index (χ2n) is 8.42. The number of aryl methyl sites for hydroxylation is 2. The maximum Gasteiger partial charge on any atom is 0.204 e. The molecule has 35 heavy (non-hydrogen) atoms. The van der Waals surface area contributed by atoms with Crippen LogP contribution >= 0.6 is 11.6 Å². The highest BCUT2D eigenvalue weighted by Gasteiger charge is 2.19. The molecule has 0 aliphatic heterocycles. The molecule has 0 N–H and O–H groups in total. The molecule has 0 saturated heterocycles. The summed E-state index contributed by atoms with van der Waals surface area (Å²) in [6.45, 7) is 3.71. The van der Waals surface area contributed by atoms with Gasteiger partial charge in [-0.3, -0.25) is 9.59 Å². The maximum absolute atomic E-state index is 13.1. The highest BCUT2D eigenvalue weighted by Crippen LogP contribution is 2.21. The third-order valence-electron chi connectivity index (χ3n) is 5.77. The summed E-state index contributed by atoms with van der Waals surface area (Å²) < 4.78 is 14.9. The molecule has 0 bridgehead atoms. The average molecular weight is 491 g/mol. The minimum absolute atomic E-state index is 0.0375. The lowest BCUT2D eigenvalue weighted by Gasteiger charge is -2.12. The van der Waals surface area contributed by atoms with Crippen molar-refractivity contribution in [2.24, 2.45) is 0 Å². The first-order valence-electron chi connectivity index (χ1n) is 11.2. The number of carbonyl (C=O) groups excluding carboxylic acids is 2. The van der Waals surface area contributed by atoms with E-state index in [1.54, 1.807) is 25.1 Å². The van der Waals surface area contributed by atoms with Gasteiger partial charge in [0, 0.05) is 41.9 Å². The van der Waals surface area contributed by atoms with Crippen LogP contribution in [0.5, 0.6) is 0 Å². The van der Waals surface area contributed by atoms with Gasteiger partial charge in [-0.2, -0.15) is 5.10 Å². The van der Waals surface area contributed by atoms with Crippen LogP contribution in [0.4, 0.5) is 4.39 Å². The van der Waals surface area contributed by atoms with Crippen molar-refractivity contribution in [3.63, 3.8) is 0 Å². The van der Waals surface area contributed by atoms with E-state index >= 15 is 0 Å². The average Bonchev–Trinajstić information content (AvgIpc) is 3.24. The van der Waals surface area contributed by atoms with Gasteiger partial charge in [0.2, 0.25) is 5.78 Å². The first-order chi connectivity index (χ1) is 16.8. The van der Waals surface area contributed by atoms with Crippen molar-refractivity contribution in [1.29, 1.82) is 0 Å². The highest BCUT2D eigenvalue weighted by molar-refractivity contribution is 6.30. The number of Topliss-reactive ketones (excluding diaryl/α,β-unsaturated/α-hetero) is 2. The topological polar surface area (TPSA) is 77.7 Å². The van der Waals surface area contributed by atoms with Gasteiger partial charge < -0.3 is 0 Å². The Hall–Kier alpha value is -3.71. The number of hydrogen-bond acceptors (Lipinski definition) is 5. The monoisotopic (exact) mass is 490 g/mol. The normalized spacial score (nSPS) is 11.9. The van der Waals surface area contributed by atoms with Crippen molar-refractivity contribution < 1.29 is 14.0 Å². The van der Waals surface area contributed by atoms with Gasteiger partial charge in [0.1, 0.15) is 11.6 Å². The van der Waals surface area contributed by atoms with Crippen LogP contribution < -0.4 is 0 Å². The lowest BCUT2D eigenvalue weighted by molar-refractivity contribution is -0.120. The molecule has 0 aliphatic carbocycles. The fraction of sp³-hybridized carbons (Fsp3) is 0.222. The Morgan fingerprint density at radius 2 is 1.77 bits per heavy atom. The van der Waals surface area contributed by atoms with Crippen LogP contribution in [-0.2, 0) is 17.6 Å². The summed E-state index contributed by atoms with van der Waals surface area (Å²) in [6, 6.07) is 15.1. The minimum atomic E-state index is -0.417. The smallest absolute Gasteiger partial charge is 0.204 e. The van der Waals surface area contributed by atoms with E-state index in [0.29, 0.717) is 29.0 Å². The number of benzene rings is 2. The number of halogens is 2. The molecule has 0 saturated carbocycles. The standard InChI is InChI=1S/C27H24ClFN4O2/c1-17-12-24(33(32-17)23-5-3-4-21(28)14-23)10-11-25(34)18(2)20-15-30-27(31-16-20)26(35)13-19-6-8-22(29)9-7-19/h3-9,12,14-16,18H,10-11,13H2,1-2H3. The first kappa shape index (κ1) is 24.4. The van der Waals surface area contributed by atoms with Crippen LogP contribution in [-0.4, -0.2) is 31.3 Å². The highest BCUT2D eigenvalue weighted by atomic mass is 35.5. The summed E-state index contributed by atoms with van der Waals surface area (Å²) in [4.78, 5) is 33.7. The summed E-state index contributed by atoms with van der Waals surface area (Å²) in [5.41, 5.74) is 3.95. The van der Waals surface area contributed by atoms with E-state index in [9.17, 15) is 14.0 Å². The molecule has 1 atom stereocenters. The van der Waals surface area contributed by atoms with E-state index < -0.39 is 5.92 Å². The van der Waals surface area contributed by atoms with Crippen molar-refractivity contribution in [3.8, 4) is 5.69 Å². The van der Waals surface area contributed by atoms with Crippen LogP contribution in [0.15, 0.2) is 67.0 Å². The Bertz CT molecular complexity index is 1350. The summed E-state index contributed by atoms with van der Waals surface area (Å²) in [6.07, 6.45) is 3.96. The number of aromatic nitrogens is 4. The maximum atomic E-state index is 13.1. The van der Waals surface area contributed by atoms with Crippen molar-refractivity contribution in [2.75, 3.05) is 0 Å². The van der Waals surface area contributed by atoms with Crippen LogP contribution in [0, 0.1) is 12.7 Å². The number of ketones is 2. The first-order valence-corrected chi connectivity index (χ1v) is 11.6. The van der Waals surface area contributed by atoms with Crippen LogP contribution in [0.3, 0.4) is 0 Å². The molecule has 2 aromatic heterocycles. The SMILES string of the molecule is Cc1cc(CCC(=O)C(C)c2cnc(C(=O)Cc3ccc(F)cc3)nc2)n(-c2cccc(Cl)c2)n1. The molecular formula is C27H24ClFN4O2. The molecule has 6 nitrogen and oxygen atoms in total. The molecule has 8 heteroatoms. The zero-order chi connectivity index (χ0) is 24.9. The van der Waals surface area contributed by atoms with Gasteiger partial charge in [-0.1, -0.05) is 36.7 Å². The summed E-state index contributed by atoms with van der Waals surface area (Å²) >= 11 is 6.13. The molecule has 2 aromatic carbocycles. The number of rotatable bonds is 9. The Morgan fingerprint density at radius 3 is 2.46 bits per heavy atom. The van der Waals surface area contributed by atoms with Gasteiger partial charge in [0.25, 0.3) is 0 Å². The minimum Gasteiger partial charge on any atom is -0.299 e.